The molecule has 0 aliphatic rings. The van der Waals surface area contributed by atoms with Crippen LogP contribution in [-0.4, -0.2) is 22.5 Å². The van der Waals surface area contributed by atoms with Crippen LogP contribution >= 0.6 is 11.3 Å². The van der Waals surface area contributed by atoms with Gasteiger partial charge in [-0.05, 0) is 36.6 Å². The molecule has 6 heteroatoms. The van der Waals surface area contributed by atoms with Gasteiger partial charge in [-0.2, -0.15) is 0 Å². The van der Waals surface area contributed by atoms with Crippen molar-refractivity contribution in [3.05, 3.63) is 71.4 Å². The van der Waals surface area contributed by atoms with Crippen molar-refractivity contribution >= 4 is 33.1 Å². The van der Waals surface area contributed by atoms with Crippen LogP contribution in [-0.2, 0) is 11.2 Å². The molecular formula is C23H21N3O2S. The van der Waals surface area contributed by atoms with Gasteiger partial charge in [0.05, 0.1) is 5.39 Å². The summed E-state index contributed by atoms with van der Waals surface area (Å²) in [6.07, 6.45) is 2.43. The summed E-state index contributed by atoms with van der Waals surface area (Å²) in [6.45, 7) is 4.03. The summed E-state index contributed by atoms with van der Waals surface area (Å²) in [5.74, 6) is 0.191. The fourth-order valence-corrected chi connectivity index (χ4v) is 3.96. The van der Waals surface area contributed by atoms with E-state index in [-0.39, 0.29) is 12.5 Å². The average Bonchev–Trinajstić information content (AvgIpc) is 3.18. The van der Waals surface area contributed by atoms with Crippen LogP contribution in [0, 0.1) is 6.92 Å². The molecule has 29 heavy (non-hydrogen) atoms. The van der Waals surface area contributed by atoms with Crippen molar-refractivity contribution in [2.24, 2.45) is 0 Å². The maximum Gasteiger partial charge on any atom is 0.262 e. The molecule has 0 atom stereocenters. The molecule has 5 nitrogen and oxygen atoms in total. The standard InChI is InChI=1S/C23H21N3O2S/c1-3-16-6-10-18(11-7-16)26-20(27)12-28-22-21-19(13-29-23(21)25-14-24-22)17-8-4-15(2)5-9-17/h4-11,13-14H,3,12H2,1-2H3,(H,26,27). The molecule has 0 saturated heterocycles. The van der Waals surface area contributed by atoms with E-state index in [4.69, 9.17) is 4.74 Å². The zero-order chi connectivity index (χ0) is 20.2. The molecule has 2 aromatic heterocycles. The number of aryl methyl sites for hydroxylation is 2. The first kappa shape index (κ1) is 19.1. The molecule has 0 aliphatic heterocycles. The molecule has 0 bridgehead atoms. The SMILES string of the molecule is CCc1ccc(NC(=O)COc2ncnc3scc(-c4ccc(C)cc4)c23)cc1. The highest BCUT2D eigenvalue weighted by atomic mass is 32.1. The van der Waals surface area contributed by atoms with E-state index in [1.54, 1.807) is 0 Å². The van der Waals surface area contributed by atoms with Crippen LogP contribution in [0.1, 0.15) is 18.1 Å². The monoisotopic (exact) mass is 403 g/mol. The quantitative estimate of drug-likeness (QED) is 0.478. The van der Waals surface area contributed by atoms with E-state index in [1.165, 1.54) is 28.8 Å². The molecule has 0 unspecified atom stereocenters. The lowest BCUT2D eigenvalue weighted by atomic mass is 10.0. The first-order valence-electron chi connectivity index (χ1n) is 9.45. The van der Waals surface area contributed by atoms with Crippen molar-refractivity contribution in [3.63, 3.8) is 0 Å². The van der Waals surface area contributed by atoms with Gasteiger partial charge in [-0.15, -0.1) is 11.3 Å². The number of anilines is 1. The van der Waals surface area contributed by atoms with Crippen molar-refractivity contribution in [3.8, 4) is 17.0 Å². The van der Waals surface area contributed by atoms with Gasteiger partial charge in [-0.1, -0.05) is 48.9 Å². The number of thiophene rings is 1. The van der Waals surface area contributed by atoms with Crippen molar-refractivity contribution in [2.45, 2.75) is 20.3 Å². The fraction of sp³-hybridized carbons (Fsp3) is 0.174. The molecule has 0 fully saturated rings. The second-order valence-electron chi connectivity index (χ2n) is 6.76. The van der Waals surface area contributed by atoms with Crippen molar-refractivity contribution in [1.82, 2.24) is 9.97 Å². The predicted molar refractivity (Wildman–Crippen MR) is 118 cm³/mol. The van der Waals surface area contributed by atoms with E-state index in [0.717, 1.165) is 33.5 Å². The van der Waals surface area contributed by atoms with E-state index in [1.807, 2.05) is 29.6 Å². The van der Waals surface area contributed by atoms with Crippen LogP contribution in [0.15, 0.2) is 60.2 Å². The van der Waals surface area contributed by atoms with Gasteiger partial charge in [0.2, 0.25) is 5.88 Å². The molecule has 4 rings (SSSR count). The lowest BCUT2D eigenvalue weighted by molar-refractivity contribution is -0.118. The van der Waals surface area contributed by atoms with Gasteiger partial charge in [0.1, 0.15) is 11.2 Å². The Balaban J connectivity index is 1.52. The van der Waals surface area contributed by atoms with Gasteiger partial charge in [0.25, 0.3) is 5.91 Å². The van der Waals surface area contributed by atoms with Crippen LogP contribution in [0.5, 0.6) is 5.88 Å². The average molecular weight is 404 g/mol. The fourth-order valence-electron chi connectivity index (χ4n) is 3.06. The molecule has 2 aromatic carbocycles. The number of ether oxygens (including phenoxy) is 1. The number of hydrogen-bond acceptors (Lipinski definition) is 5. The Morgan fingerprint density at radius 3 is 2.55 bits per heavy atom. The zero-order valence-corrected chi connectivity index (χ0v) is 17.1. The molecule has 0 radical (unpaired) electrons. The van der Waals surface area contributed by atoms with Crippen LogP contribution < -0.4 is 10.1 Å². The van der Waals surface area contributed by atoms with Crippen LogP contribution in [0.25, 0.3) is 21.3 Å². The van der Waals surface area contributed by atoms with Gasteiger partial charge < -0.3 is 10.1 Å². The summed E-state index contributed by atoms with van der Waals surface area (Å²) >= 11 is 1.54. The minimum absolute atomic E-state index is 0.120. The Morgan fingerprint density at radius 1 is 1.07 bits per heavy atom. The van der Waals surface area contributed by atoms with Crippen molar-refractivity contribution < 1.29 is 9.53 Å². The number of nitrogens with one attached hydrogen (secondary N) is 1. The van der Waals surface area contributed by atoms with Crippen molar-refractivity contribution in [1.29, 1.82) is 0 Å². The highest BCUT2D eigenvalue weighted by Crippen LogP contribution is 2.37. The van der Waals surface area contributed by atoms with Gasteiger partial charge >= 0.3 is 0 Å². The van der Waals surface area contributed by atoms with E-state index in [0.29, 0.717) is 5.88 Å². The second-order valence-corrected chi connectivity index (χ2v) is 7.62. The Bertz CT molecular complexity index is 1140. The Labute approximate surface area is 173 Å². The van der Waals surface area contributed by atoms with E-state index in [9.17, 15) is 4.79 Å². The molecular weight excluding hydrogens is 382 g/mol. The third kappa shape index (κ3) is 4.27. The summed E-state index contributed by atoms with van der Waals surface area (Å²) in [6, 6.07) is 16.1. The number of benzene rings is 2. The molecule has 4 aromatic rings. The van der Waals surface area contributed by atoms with E-state index >= 15 is 0 Å². The number of carbonyl (C=O) groups excluding carboxylic acids is 1. The van der Waals surface area contributed by atoms with E-state index in [2.05, 4.69) is 53.4 Å². The number of rotatable bonds is 6. The first-order valence-corrected chi connectivity index (χ1v) is 10.3. The van der Waals surface area contributed by atoms with Gasteiger partial charge in [0, 0.05) is 16.6 Å². The highest BCUT2D eigenvalue weighted by Gasteiger charge is 2.15. The zero-order valence-electron chi connectivity index (χ0n) is 16.3. The Morgan fingerprint density at radius 2 is 1.83 bits per heavy atom. The molecule has 1 N–H and O–H groups in total. The van der Waals surface area contributed by atoms with Gasteiger partial charge in [-0.3, -0.25) is 4.79 Å². The summed E-state index contributed by atoms with van der Waals surface area (Å²) < 4.78 is 5.79. The lowest BCUT2D eigenvalue weighted by Crippen LogP contribution is -2.20. The molecule has 2 heterocycles. The highest BCUT2D eigenvalue weighted by molar-refractivity contribution is 7.17. The summed E-state index contributed by atoms with van der Waals surface area (Å²) in [4.78, 5) is 21.8. The maximum absolute atomic E-state index is 12.3. The number of carbonyl (C=O) groups is 1. The van der Waals surface area contributed by atoms with E-state index < -0.39 is 0 Å². The van der Waals surface area contributed by atoms with Crippen LogP contribution in [0.4, 0.5) is 5.69 Å². The normalized spacial score (nSPS) is 10.8. The molecule has 146 valence electrons. The first-order chi connectivity index (χ1) is 14.1. The third-order valence-corrected chi connectivity index (χ3v) is 5.57. The molecule has 1 amide bonds. The molecule has 0 aliphatic carbocycles. The minimum Gasteiger partial charge on any atom is -0.467 e. The second kappa shape index (κ2) is 8.41. The number of amides is 1. The minimum atomic E-state index is -0.229. The van der Waals surface area contributed by atoms with Crippen LogP contribution in [0.2, 0.25) is 0 Å². The largest absolute Gasteiger partial charge is 0.467 e. The smallest absolute Gasteiger partial charge is 0.262 e. The van der Waals surface area contributed by atoms with Gasteiger partial charge in [0.15, 0.2) is 6.61 Å². The predicted octanol–water partition coefficient (Wildman–Crippen LogP) is 5.25. The number of nitrogens with zero attached hydrogens (tertiary/aromatic N) is 2. The number of fused-ring (bicyclic) bond motifs is 1. The number of hydrogen-bond donors (Lipinski definition) is 1. The molecule has 0 saturated carbocycles. The summed E-state index contributed by atoms with van der Waals surface area (Å²) in [7, 11) is 0. The van der Waals surface area contributed by atoms with Gasteiger partial charge in [-0.25, -0.2) is 9.97 Å². The summed E-state index contributed by atoms with van der Waals surface area (Å²) in [5, 5.41) is 5.74. The Kier molecular flexibility index (Phi) is 5.53. The Hall–Kier alpha value is -3.25. The lowest BCUT2D eigenvalue weighted by Gasteiger charge is -2.09. The maximum atomic E-state index is 12.3. The third-order valence-electron chi connectivity index (χ3n) is 4.68. The van der Waals surface area contributed by atoms with Crippen molar-refractivity contribution in [2.75, 3.05) is 11.9 Å². The summed E-state index contributed by atoms with van der Waals surface area (Å²) in [5.41, 5.74) is 5.26. The number of aromatic nitrogens is 2. The van der Waals surface area contributed by atoms with Crippen LogP contribution in [0.3, 0.4) is 0 Å². The molecule has 0 spiro atoms. The topological polar surface area (TPSA) is 64.1 Å².